The van der Waals surface area contributed by atoms with Crippen molar-refractivity contribution in [2.75, 3.05) is 39.9 Å². The summed E-state index contributed by atoms with van der Waals surface area (Å²) < 4.78 is 6.23. The molecule has 0 bridgehead atoms. The van der Waals surface area contributed by atoms with E-state index in [0.29, 0.717) is 42.6 Å². The molecule has 1 aromatic heterocycles. The molecule has 0 saturated carbocycles. The van der Waals surface area contributed by atoms with Crippen LogP contribution in [0.25, 0.3) is 10.9 Å². The number of amides is 1. The SMILES string of the molecule is COCCCN(C[C@@H]1CCCN2CCCC[C@H]12)C(=O)Cn1c(=O)[nH]c2ccccc2c1=O. The van der Waals surface area contributed by atoms with E-state index in [4.69, 9.17) is 4.74 Å². The molecule has 0 aliphatic carbocycles. The number of para-hydroxylation sites is 1. The van der Waals surface area contributed by atoms with Gasteiger partial charge in [-0.1, -0.05) is 18.6 Å². The topological polar surface area (TPSA) is 87.6 Å². The van der Waals surface area contributed by atoms with Gasteiger partial charge in [-0.25, -0.2) is 4.79 Å². The zero-order valence-corrected chi connectivity index (χ0v) is 18.9. The van der Waals surface area contributed by atoms with Crippen LogP contribution >= 0.6 is 0 Å². The molecule has 3 heterocycles. The number of rotatable bonds is 8. The highest BCUT2D eigenvalue weighted by Gasteiger charge is 2.34. The Kier molecular flexibility index (Phi) is 7.42. The van der Waals surface area contributed by atoms with Gasteiger partial charge in [0.2, 0.25) is 5.91 Å². The van der Waals surface area contributed by atoms with E-state index in [2.05, 4.69) is 9.88 Å². The number of carbonyl (C=O) groups is 1. The van der Waals surface area contributed by atoms with Crippen LogP contribution in [0, 0.1) is 5.92 Å². The quantitative estimate of drug-likeness (QED) is 0.630. The summed E-state index contributed by atoms with van der Waals surface area (Å²) in [6.45, 7) is 3.87. The summed E-state index contributed by atoms with van der Waals surface area (Å²) >= 11 is 0. The fourth-order valence-corrected chi connectivity index (χ4v) is 5.37. The fourth-order valence-electron chi connectivity index (χ4n) is 5.37. The van der Waals surface area contributed by atoms with Crippen molar-refractivity contribution in [1.82, 2.24) is 19.4 Å². The normalized spacial score (nSPS) is 21.4. The van der Waals surface area contributed by atoms with E-state index < -0.39 is 11.2 Å². The first-order valence-electron chi connectivity index (χ1n) is 11.8. The second kappa shape index (κ2) is 10.4. The van der Waals surface area contributed by atoms with Gasteiger partial charge in [-0.15, -0.1) is 0 Å². The van der Waals surface area contributed by atoms with Gasteiger partial charge in [-0.05, 0) is 63.2 Å². The molecule has 0 radical (unpaired) electrons. The van der Waals surface area contributed by atoms with Gasteiger partial charge in [0, 0.05) is 32.8 Å². The maximum absolute atomic E-state index is 13.3. The molecule has 2 saturated heterocycles. The van der Waals surface area contributed by atoms with Crippen molar-refractivity contribution >= 4 is 16.8 Å². The van der Waals surface area contributed by atoms with E-state index in [1.165, 1.54) is 19.3 Å². The highest BCUT2D eigenvalue weighted by Crippen LogP contribution is 2.31. The van der Waals surface area contributed by atoms with Crippen LogP contribution in [0.4, 0.5) is 0 Å². The van der Waals surface area contributed by atoms with Crippen molar-refractivity contribution in [1.29, 1.82) is 0 Å². The van der Waals surface area contributed by atoms with Crippen LogP contribution in [0.3, 0.4) is 0 Å². The van der Waals surface area contributed by atoms with E-state index in [-0.39, 0.29) is 12.5 Å². The summed E-state index contributed by atoms with van der Waals surface area (Å²) in [5.41, 5.74) is -0.483. The minimum atomic E-state index is -0.546. The molecule has 1 aromatic carbocycles. The number of nitrogens with zero attached hydrogens (tertiary/aromatic N) is 3. The number of nitrogens with one attached hydrogen (secondary N) is 1. The molecule has 174 valence electrons. The van der Waals surface area contributed by atoms with Crippen molar-refractivity contribution in [2.45, 2.75) is 51.1 Å². The van der Waals surface area contributed by atoms with Gasteiger partial charge in [-0.3, -0.25) is 14.2 Å². The van der Waals surface area contributed by atoms with Crippen LogP contribution < -0.4 is 11.2 Å². The number of ether oxygens (including phenoxy) is 1. The number of piperidine rings is 2. The minimum Gasteiger partial charge on any atom is -0.385 e. The number of aromatic nitrogens is 2. The number of aromatic amines is 1. The predicted octanol–water partition coefficient (Wildman–Crippen LogP) is 1.82. The van der Waals surface area contributed by atoms with Gasteiger partial charge in [-0.2, -0.15) is 0 Å². The Morgan fingerprint density at radius 2 is 1.97 bits per heavy atom. The van der Waals surface area contributed by atoms with Crippen molar-refractivity contribution < 1.29 is 9.53 Å². The zero-order chi connectivity index (χ0) is 22.5. The lowest BCUT2D eigenvalue weighted by Crippen LogP contribution is -2.52. The lowest BCUT2D eigenvalue weighted by atomic mass is 9.83. The molecule has 0 spiro atoms. The molecule has 8 heteroatoms. The molecule has 2 aliphatic rings. The van der Waals surface area contributed by atoms with Crippen LogP contribution in [0.1, 0.15) is 38.5 Å². The number of methoxy groups -OCH3 is 1. The molecule has 1 amide bonds. The average Bonchev–Trinajstić information content (AvgIpc) is 2.81. The van der Waals surface area contributed by atoms with Gasteiger partial charge < -0.3 is 19.5 Å². The third-order valence-electron chi connectivity index (χ3n) is 7.00. The minimum absolute atomic E-state index is 0.183. The van der Waals surface area contributed by atoms with Crippen molar-refractivity contribution in [3.63, 3.8) is 0 Å². The van der Waals surface area contributed by atoms with Crippen molar-refractivity contribution in [2.24, 2.45) is 5.92 Å². The monoisotopic (exact) mass is 442 g/mol. The van der Waals surface area contributed by atoms with Gasteiger partial charge in [0.15, 0.2) is 0 Å². The van der Waals surface area contributed by atoms with Gasteiger partial charge in [0.05, 0.1) is 10.9 Å². The highest BCUT2D eigenvalue weighted by molar-refractivity contribution is 5.79. The van der Waals surface area contributed by atoms with Crippen LogP contribution in [0.2, 0.25) is 0 Å². The summed E-state index contributed by atoms with van der Waals surface area (Å²) in [7, 11) is 1.65. The van der Waals surface area contributed by atoms with Crippen LogP contribution in [-0.4, -0.2) is 71.2 Å². The fraction of sp³-hybridized carbons (Fsp3) is 0.625. The number of hydrogen-bond donors (Lipinski definition) is 1. The Morgan fingerprint density at radius 1 is 1.16 bits per heavy atom. The van der Waals surface area contributed by atoms with E-state index in [0.717, 1.165) is 36.9 Å². The largest absolute Gasteiger partial charge is 0.385 e. The zero-order valence-electron chi connectivity index (χ0n) is 18.9. The molecular formula is C24H34N4O4. The number of fused-ring (bicyclic) bond motifs is 2. The summed E-state index contributed by atoms with van der Waals surface area (Å²) in [4.78, 5) is 46.0. The molecule has 2 fully saturated rings. The van der Waals surface area contributed by atoms with Crippen molar-refractivity contribution in [3.8, 4) is 0 Å². The Balaban J connectivity index is 1.54. The maximum atomic E-state index is 13.3. The predicted molar refractivity (Wildman–Crippen MR) is 124 cm³/mol. The van der Waals surface area contributed by atoms with Gasteiger partial charge in [0.25, 0.3) is 5.56 Å². The van der Waals surface area contributed by atoms with Gasteiger partial charge >= 0.3 is 5.69 Å². The molecule has 4 rings (SSSR count). The number of benzene rings is 1. The highest BCUT2D eigenvalue weighted by atomic mass is 16.5. The smallest absolute Gasteiger partial charge is 0.329 e. The number of H-pyrrole nitrogens is 1. The first-order chi connectivity index (χ1) is 15.6. The lowest BCUT2D eigenvalue weighted by molar-refractivity contribution is -0.133. The summed E-state index contributed by atoms with van der Waals surface area (Å²) in [6.07, 6.45) is 6.70. The molecule has 8 nitrogen and oxygen atoms in total. The molecule has 1 N–H and O–H groups in total. The summed E-state index contributed by atoms with van der Waals surface area (Å²) in [5, 5.41) is 0.413. The van der Waals surface area contributed by atoms with E-state index in [9.17, 15) is 14.4 Å². The Morgan fingerprint density at radius 3 is 2.81 bits per heavy atom. The lowest BCUT2D eigenvalue weighted by Gasteiger charge is -2.45. The summed E-state index contributed by atoms with van der Waals surface area (Å²) in [5.74, 6) is 0.249. The van der Waals surface area contributed by atoms with E-state index in [1.807, 2.05) is 4.90 Å². The average molecular weight is 443 g/mol. The van der Waals surface area contributed by atoms with E-state index >= 15 is 0 Å². The van der Waals surface area contributed by atoms with Crippen LogP contribution in [0.15, 0.2) is 33.9 Å². The van der Waals surface area contributed by atoms with Crippen molar-refractivity contribution in [3.05, 3.63) is 45.1 Å². The standard InChI is InChI=1S/C24H34N4O4/c1-32-15-7-14-27(16-18-8-6-13-26-12-5-4-11-21(18)26)22(29)17-28-23(30)19-9-2-3-10-20(19)25-24(28)31/h2-3,9-10,18,21H,4-8,11-17H2,1H3,(H,25,31)/t18-,21+/m0/s1. The molecule has 2 atom stereocenters. The Bertz CT molecular complexity index is 1040. The molecule has 0 unspecified atom stereocenters. The summed E-state index contributed by atoms with van der Waals surface area (Å²) in [6, 6.07) is 7.42. The molecular weight excluding hydrogens is 408 g/mol. The maximum Gasteiger partial charge on any atom is 0.329 e. The van der Waals surface area contributed by atoms with Gasteiger partial charge in [0.1, 0.15) is 6.54 Å². The van der Waals surface area contributed by atoms with Crippen LogP contribution in [-0.2, 0) is 16.1 Å². The first kappa shape index (κ1) is 22.7. The number of carbonyl (C=O) groups excluding carboxylic acids is 1. The van der Waals surface area contributed by atoms with Crippen LogP contribution in [0.5, 0.6) is 0 Å². The third-order valence-corrected chi connectivity index (χ3v) is 7.00. The molecule has 2 aliphatic heterocycles. The molecule has 32 heavy (non-hydrogen) atoms. The number of hydrogen-bond acceptors (Lipinski definition) is 5. The third kappa shape index (κ3) is 4.96. The first-order valence-corrected chi connectivity index (χ1v) is 11.8. The Hall–Kier alpha value is -2.45. The van der Waals surface area contributed by atoms with E-state index in [1.54, 1.807) is 31.4 Å². The second-order valence-electron chi connectivity index (χ2n) is 9.05. The second-order valence-corrected chi connectivity index (χ2v) is 9.05. The Labute approximate surface area is 188 Å². The molecule has 2 aromatic rings.